The molecule has 5 aromatic rings. The van der Waals surface area contributed by atoms with E-state index in [1.807, 2.05) is 60.7 Å². The average Bonchev–Trinajstić information content (AvgIpc) is 3.22. The van der Waals surface area contributed by atoms with Crippen molar-refractivity contribution in [2.24, 2.45) is 16.5 Å². The predicted octanol–water partition coefficient (Wildman–Crippen LogP) is 7.04. The van der Waals surface area contributed by atoms with E-state index in [1.54, 1.807) is 79.7 Å². The van der Waals surface area contributed by atoms with Gasteiger partial charge in [-0.2, -0.15) is 0 Å². The van der Waals surface area contributed by atoms with Gasteiger partial charge in [-0.15, -0.1) is 4.90 Å². The van der Waals surface area contributed by atoms with Crippen LogP contribution < -0.4 is 11.5 Å². The first-order valence-corrected chi connectivity index (χ1v) is 18.2. The topological polar surface area (TPSA) is 178 Å². The molecule has 56 heavy (non-hydrogen) atoms. The maximum absolute atomic E-state index is 15.4. The fourth-order valence-electron chi connectivity index (χ4n) is 6.29. The lowest BCUT2D eigenvalue weighted by Crippen LogP contribution is -2.56. The highest BCUT2D eigenvalue weighted by atomic mass is 16.6. The normalized spacial score (nSPS) is 11.8. The van der Waals surface area contributed by atoms with Gasteiger partial charge in [0, 0.05) is 6.54 Å². The van der Waals surface area contributed by atoms with Gasteiger partial charge in [0.2, 0.25) is 5.91 Å². The summed E-state index contributed by atoms with van der Waals surface area (Å²) in [5, 5.41) is 10.1. The number of benzene rings is 5. The average molecular weight is 756 g/mol. The van der Waals surface area contributed by atoms with Gasteiger partial charge in [0.25, 0.3) is 5.91 Å². The van der Waals surface area contributed by atoms with Crippen LogP contribution in [0.2, 0.25) is 0 Å². The van der Waals surface area contributed by atoms with E-state index < -0.39 is 42.0 Å². The molecule has 5 aromatic carbocycles. The fraction of sp³-hybridized carbons (Fsp3) is 0.205. The Kier molecular flexibility index (Phi) is 14.3. The minimum Gasteiger partial charge on any atom is -0.508 e. The van der Waals surface area contributed by atoms with Crippen molar-refractivity contribution in [2.75, 3.05) is 6.54 Å². The Balaban J connectivity index is 1.63. The molecule has 2 atom stereocenters. The number of carbonyl (C=O) groups is 4. The van der Waals surface area contributed by atoms with Crippen molar-refractivity contribution in [3.63, 3.8) is 0 Å². The number of aliphatic imine (C=N–C) groups is 1. The highest BCUT2D eigenvalue weighted by Crippen LogP contribution is 2.34. The molecule has 0 saturated heterocycles. The molecule has 5 rings (SSSR count). The molecule has 0 radical (unpaired) electrons. The lowest BCUT2D eigenvalue weighted by molar-refractivity contribution is -0.147. The van der Waals surface area contributed by atoms with E-state index in [0.29, 0.717) is 32.7 Å². The summed E-state index contributed by atoms with van der Waals surface area (Å²) in [6.07, 6.45) is -2.46. The Bertz CT molecular complexity index is 1970. The summed E-state index contributed by atoms with van der Waals surface area (Å²) in [5.41, 5.74) is 14.3. The summed E-state index contributed by atoms with van der Waals surface area (Å²) in [6.45, 7) is 1.32. The van der Waals surface area contributed by atoms with Crippen LogP contribution >= 0.6 is 0 Å². The Morgan fingerprint density at radius 1 is 0.625 bits per heavy atom. The number of guanidine groups is 1. The van der Waals surface area contributed by atoms with Gasteiger partial charge in [0.05, 0.1) is 12.0 Å². The molecule has 0 aliphatic rings. The second kappa shape index (κ2) is 19.9. The summed E-state index contributed by atoms with van der Waals surface area (Å²) < 4.78 is 11.1. The first-order valence-electron chi connectivity index (χ1n) is 18.2. The zero-order valence-electron chi connectivity index (χ0n) is 31.0. The van der Waals surface area contributed by atoms with E-state index in [1.165, 1.54) is 17.0 Å². The summed E-state index contributed by atoms with van der Waals surface area (Å²) in [7, 11) is 0. The number of hydrogen-bond donors (Lipinski definition) is 3. The number of phenolic OH excluding ortho intramolecular Hbond substituents is 1. The molecule has 0 bridgehead atoms. The summed E-state index contributed by atoms with van der Waals surface area (Å²) in [6, 6.07) is 39.7. The van der Waals surface area contributed by atoms with Crippen LogP contribution in [0, 0.1) is 0 Å². The van der Waals surface area contributed by atoms with E-state index in [2.05, 4.69) is 4.99 Å². The lowest BCUT2D eigenvalue weighted by atomic mass is 9.88. The fourth-order valence-corrected chi connectivity index (χ4v) is 6.29. The first kappa shape index (κ1) is 40.2. The standard InChI is InChI=1S/C44H45N5O7/c1-31(34-24-26-37(50)27-25-34)48(41(52)39(35-19-10-4-11-20-35)36-21-12-5-13-22-36)38(23-14-28-47-42(45)46)40(51)49(43(53)55-29-32-15-6-2-7-16-32)44(54)56-30-33-17-8-3-9-18-33/h2-13,15-22,24-27,31,38-39,50H,14,23,28-30H2,1H3,(H4,45,46,47)/t31?,38-/m1/s1. The van der Waals surface area contributed by atoms with Crippen molar-refractivity contribution < 1.29 is 33.8 Å². The zero-order chi connectivity index (χ0) is 39.9. The molecule has 0 heterocycles. The number of ether oxygens (including phenoxy) is 2. The molecular formula is C44H45N5O7. The van der Waals surface area contributed by atoms with Gasteiger partial charge in [-0.1, -0.05) is 133 Å². The molecule has 0 fully saturated rings. The number of nitrogens with zero attached hydrogens (tertiary/aromatic N) is 3. The van der Waals surface area contributed by atoms with Crippen LogP contribution in [0.15, 0.2) is 151 Å². The van der Waals surface area contributed by atoms with Crippen LogP contribution in [-0.2, 0) is 32.3 Å². The zero-order valence-corrected chi connectivity index (χ0v) is 31.0. The molecule has 1 unspecified atom stereocenters. The highest BCUT2D eigenvalue weighted by molar-refractivity contribution is 6.09. The molecule has 5 N–H and O–H groups in total. The van der Waals surface area contributed by atoms with Gasteiger partial charge in [0.15, 0.2) is 5.96 Å². The number of nitrogens with two attached hydrogens (primary N) is 2. The predicted molar refractivity (Wildman–Crippen MR) is 212 cm³/mol. The van der Waals surface area contributed by atoms with Crippen molar-refractivity contribution in [1.29, 1.82) is 0 Å². The van der Waals surface area contributed by atoms with Crippen LogP contribution in [-0.4, -0.2) is 57.5 Å². The van der Waals surface area contributed by atoms with E-state index in [0.717, 1.165) is 0 Å². The van der Waals surface area contributed by atoms with Crippen LogP contribution in [0.3, 0.4) is 0 Å². The van der Waals surface area contributed by atoms with Gasteiger partial charge < -0.3 is 30.9 Å². The second-order valence-corrected chi connectivity index (χ2v) is 13.0. The smallest absolute Gasteiger partial charge is 0.426 e. The Hall–Kier alpha value is -6.95. The molecule has 0 saturated carbocycles. The number of phenols is 1. The first-order chi connectivity index (χ1) is 27.1. The molecule has 288 valence electrons. The summed E-state index contributed by atoms with van der Waals surface area (Å²) in [4.78, 5) is 64.3. The van der Waals surface area contributed by atoms with Crippen molar-refractivity contribution >= 4 is 30.0 Å². The molecule has 0 aromatic heterocycles. The Labute approximate surface area is 326 Å². The quantitative estimate of drug-likeness (QED) is 0.0575. The second-order valence-electron chi connectivity index (χ2n) is 13.0. The molecule has 0 spiro atoms. The lowest BCUT2D eigenvalue weighted by Gasteiger charge is -2.39. The minimum atomic E-state index is -1.45. The van der Waals surface area contributed by atoms with E-state index >= 15 is 9.59 Å². The Morgan fingerprint density at radius 3 is 1.52 bits per heavy atom. The number of hydrogen-bond acceptors (Lipinski definition) is 8. The summed E-state index contributed by atoms with van der Waals surface area (Å²) >= 11 is 0. The number of carbonyl (C=O) groups excluding carboxylic acids is 4. The van der Waals surface area contributed by atoms with Crippen molar-refractivity contribution in [1.82, 2.24) is 9.80 Å². The third-order valence-electron chi connectivity index (χ3n) is 9.11. The van der Waals surface area contributed by atoms with Crippen molar-refractivity contribution in [3.8, 4) is 5.75 Å². The third kappa shape index (κ3) is 10.8. The highest BCUT2D eigenvalue weighted by Gasteiger charge is 2.44. The number of rotatable bonds is 15. The van der Waals surface area contributed by atoms with Gasteiger partial charge in [0.1, 0.15) is 25.0 Å². The van der Waals surface area contributed by atoms with Crippen molar-refractivity contribution in [2.45, 2.75) is 51.0 Å². The van der Waals surface area contributed by atoms with Gasteiger partial charge in [-0.3, -0.25) is 14.6 Å². The van der Waals surface area contributed by atoms with Crippen LogP contribution in [0.4, 0.5) is 9.59 Å². The van der Waals surface area contributed by atoms with E-state index in [4.69, 9.17) is 20.9 Å². The molecule has 0 aliphatic heterocycles. The monoisotopic (exact) mass is 755 g/mol. The minimum absolute atomic E-state index is 0.00336. The summed E-state index contributed by atoms with van der Waals surface area (Å²) in [5.74, 6) is -2.61. The van der Waals surface area contributed by atoms with Gasteiger partial charge in [-0.05, 0) is 59.7 Å². The molecule has 12 heteroatoms. The number of imide groups is 3. The molecule has 12 nitrogen and oxygen atoms in total. The number of aromatic hydroxyl groups is 1. The van der Waals surface area contributed by atoms with Crippen LogP contribution in [0.5, 0.6) is 5.75 Å². The van der Waals surface area contributed by atoms with Gasteiger partial charge >= 0.3 is 12.2 Å². The maximum Gasteiger partial charge on any atom is 0.426 e. The molecular weight excluding hydrogens is 711 g/mol. The van der Waals surface area contributed by atoms with E-state index in [9.17, 15) is 14.7 Å². The SMILES string of the molecule is CC(c1ccc(O)cc1)N(C(=O)C(c1ccccc1)c1ccccc1)[C@H](CCCN=C(N)N)C(=O)N(C(=O)OCc1ccccc1)C(=O)OCc1ccccc1. The Morgan fingerprint density at radius 2 is 1.07 bits per heavy atom. The largest absolute Gasteiger partial charge is 0.508 e. The number of amides is 4. The maximum atomic E-state index is 15.4. The van der Waals surface area contributed by atoms with E-state index in [-0.39, 0.29) is 44.3 Å². The van der Waals surface area contributed by atoms with Crippen LogP contribution in [0.1, 0.15) is 59.5 Å². The molecule has 4 amide bonds. The van der Waals surface area contributed by atoms with Crippen molar-refractivity contribution in [3.05, 3.63) is 173 Å². The third-order valence-corrected chi connectivity index (χ3v) is 9.11. The van der Waals surface area contributed by atoms with Gasteiger partial charge in [-0.25, -0.2) is 9.59 Å². The molecule has 0 aliphatic carbocycles. The van der Waals surface area contributed by atoms with Crippen LogP contribution in [0.25, 0.3) is 0 Å².